The standard InChI is InChI=1S/C19H20BrNO4/c1-3-24-17-11-7-5-9-15(17)19(23)25-12-18(22)21-13(2)14-8-4-6-10-16(14)20/h4-11,13H,3,12H2,1-2H3,(H,21,22)/t13-/m0/s1. The Balaban J connectivity index is 1.92. The molecule has 2 aromatic carbocycles. The van der Waals surface area contributed by atoms with Gasteiger partial charge in [0.1, 0.15) is 11.3 Å². The number of hydrogen-bond acceptors (Lipinski definition) is 4. The maximum absolute atomic E-state index is 12.2. The maximum atomic E-state index is 12.2. The fourth-order valence-electron chi connectivity index (χ4n) is 2.31. The molecule has 1 N–H and O–H groups in total. The third kappa shape index (κ3) is 5.32. The predicted octanol–water partition coefficient (Wildman–Crippen LogP) is 3.88. The lowest BCUT2D eigenvalue weighted by Gasteiger charge is -2.16. The molecule has 0 fully saturated rings. The third-order valence-corrected chi connectivity index (χ3v) is 4.21. The second-order valence-electron chi connectivity index (χ2n) is 5.32. The molecule has 0 radical (unpaired) electrons. The minimum absolute atomic E-state index is 0.211. The van der Waals surface area contributed by atoms with Gasteiger partial charge in [-0.25, -0.2) is 4.79 Å². The molecule has 5 nitrogen and oxygen atoms in total. The Kier molecular flexibility index (Phi) is 7.01. The van der Waals surface area contributed by atoms with Crippen molar-refractivity contribution >= 4 is 27.8 Å². The number of esters is 1. The van der Waals surface area contributed by atoms with Crippen molar-refractivity contribution in [2.24, 2.45) is 0 Å². The third-order valence-electron chi connectivity index (χ3n) is 3.49. The summed E-state index contributed by atoms with van der Waals surface area (Å²) in [6.07, 6.45) is 0. The van der Waals surface area contributed by atoms with Crippen molar-refractivity contribution < 1.29 is 19.1 Å². The highest BCUT2D eigenvalue weighted by molar-refractivity contribution is 9.10. The minimum atomic E-state index is -0.590. The molecule has 0 bridgehead atoms. The van der Waals surface area contributed by atoms with E-state index in [9.17, 15) is 9.59 Å². The van der Waals surface area contributed by atoms with Crippen LogP contribution in [0.5, 0.6) is 5.75 Å². The molecular weight excluding hydrogens is 386 g/mol. The maximum Gasteiger partial charge on any atom is 0.342 e. The molecule has 25 heavy (non-hydrogen) atoms. The highest BCUT2D eigenvalue weighted by atomic mass is 79.9. The van der Waals surface area contributed by atoms with Crippen molar-refractivity contribution in [2.75, 3.05) is 13.2 Å². The first kappa shape index (κ1) is 19.0. The molecule has 0 aliphatic rings. The highest BCUT2D eigenvalue weighted by Crippen LogP contribution is 2.22. The van der Waals surface area contributed by atoms with Gasteiger partial charge in [0.15, 0.2) is 6.61 Å². The summed E-state index contributed by atoms with van der Waals surface area (Å²) in [5, 5.41) is 2.81. The number of halogens is 1. The summed E-state index contributed by atoms with van der Waals surface area (Å²) in [6.45, 7) is 3.78. The first-order valence-electron chi connectivity index (χ1n) is 7.95. The van der Waals surface area contributed by atoms with Crippen LogP contribution in [0.3, 0.4) is 0 Å². The van der Waals surface area contributed by atoms with Gasteiger partial charge in [-0.15, -0.1) is 0 Å². The SMILES string of the molecule is CCOc1ccccc1C(=O)OCC(=O)N[C@@H](C)c1ccccc1Br. The van der Waals surface area contributed by atoms with Gasteiger partial charge in [0.05, 0.1) is 12.6 Å². The Bertz CT molecular complexity index is 748. The molecule has 0 aromatic heterocycles. The summed E-state index contributed by atoms with van der Waals surface area (Å²) in [4.78, 5) is 24.2. The van der Waals surface area contributed by atoms with Crippen LogP contribution in [0.25, 0.3) is 0 Å². The fourth-order valence-corrected chi connectivity index (χ4v) is 2.94. The number of para-hydroxylation sites is 1. The molecule has 0 saturated heterocycles. The zero-order chi connectivity index (χ0) is 18.2. The molecule has 0 saturated carbocycles. The first-order valence-corrected chi connectivity index (χ1v) is 8.75. The average molecular weight is 406 g/mol. The Hall–Kier alpha value is -2.34. The van der Waals surface area contributed by atoms with Crippen LogP contribution in [0.2, 0.25) is 0 Å². The van der Waals surface area contributed by atoms with Crippen molar-refractivity contribution in [3.63, 3.8) is 0 Å². The van der Waals surface area contributed by atoms with Gasteiger partial charge in [0, 0.05) is 4.47 Å². The highest BCUT2D eigenvalue weighted by Gasteiger charge is 2.17. The van der Waals surface area contributed by atoms with E-state index in [0.29, 0.717) is 17.9 Å². The summed E-state index contributed by atoms with van der Waals surface area (Å²) in [5.41, 5.74) is 1.25. The van der Waals surface area contributed by atoms with E-state index in [1.807, 2.05) is 38.1 Å². The Morgan fingerprint density at radius 2 is 1.80 bits per heavy atom. The van der Waals surface area contributed by atoms with E-state index in [1.165, 1.54) is 0 Å². The zero-order valence-electron chi connectivity index (χ0n) is 14.1. The summed E-state index contributed by atoms with van der Waals surface area (Å²) >= 11 is 3.45. The van der Waals surface area contributed by atoms with Crippen LogP contribution in [-0.2, 0) is 9.53 Å². The molecule has 0 aliphatic heterocycles. The van der Waals surface area contributed by atoms with Gasteiger partial charge >= 0.3 is 5.97 Å². The van der Waals surface area contributed by atoms with Crippen molar-refractivity contribution in [3.05, 3.63) is 64.1 Å². The summed E-state index contributed by atoms with van der Waals surface area (Å²) < 4.78 is 11.4. The summed E-state index contributed by atoms with van der Waals surface area (Å²) in [7, 11) is 0. The van der Waals surface area contributed by atoms with E-state index in [2.05, 4.69) is 21.2 Å². The second kappa shape index (κ2) is 9.22. The Labute approximate surface area is 155 Å². The molecule has 6 heteroatoms. The Morgan fingerprint density at radius 1 is 1.12 bits per heavy atom. The van der Waals surface area contributed by atoms with Crippen LogP contribution in [-0.4, -0.2) is 25.1 Å². The molecule has 2 aromatic rings. The van der Waals surface area contributed by atoms with E-state index in [-0.39, 0.29) is 18.6 Å². The van der Waals surface area contributed by atoms with E-state index in [1.54, 1.807) is 24.3 Å². The zero-order valence-corrected chi connectivity index (χ0v) is 15.7. The molecule has 0 aliphatic carbocycles. The van der Waals surface area contributed by atoms with Crippen LogP contribution in [0.1, 0.15) is 35.8 Å². The Morgan fingerprint density at radius 3 is 2.52 bits per heavy atom. The average Bonchev–Trinajstić information content (AvgIpc) is 2.60. The van der Waals surface area contributed by atoms with Crippen molar-refractivity contribution in [1.29, 1.82) is 0 Å². The van der Waals surface area contributed by atoms with Crippen LogP contribution in [0.4, 0.5) is 0 Å². The quantitative estimate of drug-likeness (QED) is 0.709. The van der Waals surface area contributed by atoms with E-state index in [4.69, 9.17) is 9.47 Å². The van der Waals surface area contributed by atoms with E-state index >= 15 is 0 Å². The topological polar surface area (TPSA) is 64.6 Å². The molecular formula is C19H20BrNO4. The van der Waals surface area contributed by atoms with Gasteiger partial charge in [-0.1, -0.05) is 46.3 Å². The van der Waals surface area contributed by atoms with E-state index in [0.717, 1.165) is 10.0 Å². The number of rotatable bonds is 7. The number of benzene rings is 2. The molecule has 0 spiro atoms. The lowest BCUT2D eigenvalue weighted by atomic mass is 10.1. The largest absolute Gasteiger partial charge is 0.493 e. The van der Waals surface area contributed by atoms with Crippen molar-refractivity contribution in [2.45, 2.75) is 19.9 Å². The fraction of sp³-hybridized carbons (Fsp3) is 0.263. The number of nitrogens with one attached hydrogen (secondary N) is 1. The summed E-state index contributed by atoms with van der Waals surface area (Å²) in [5.74, 6) is -0.518. The molecule has 132 valence electrons. The lowest BCUT2D eigenvalue weighted by molar-refractivity contribution is -0.124. The van der Waals surface area contributed by atoms with Gasteiger partial charge in [-0.2, -0.15) is 0 Å². The van der Waals surface area contributed by atoms with Gasteiger partial charge < -0.3 is 14.8 Å². The number of carbonyl (C=O) groups is 2. The monoisotopic (exact) mass is 405 g/mol. The van der Waals surface area contributed by atoms with Gasteiger partial charge in [0.2, 0.25) is 0 Å². The van der Waals surface area contributed by atoms with Crippen LogP contribution in [0.15, 0.2) is 53.0 Å². The second-order valence-corrected chi connectivity index (χ2v) is 6.17. The molecule has 2 rings (SSSR count). The van der Waals surface area contributed by atoms with Crippen LogP contribution >= 0.6 is 15.9 Å². The van der Waals surface area contributed by atoms with Crippen molar-refractivity contribution in [3.8, 4) is 5.75 Å². The minimum Gasteiger partial charge on any atom is -0.493 e. The first-order chi connectivity index (χ1) is 12.0. The number of amides is 1. The number of carbonyl (C=O) groups excluding carboxylic acids is 2. The van der Waals surface area contributed by atoms with E-state index < -0.39 is 5.97 Å². The van der Waals surface area contributed by atoms with Gasteiger partial charge in [-0.3, -0.25) is 4.79 Å². The van der Waals surface area contributed by atoms with Crippen molar-refractivity contribution in [1.82, 2.24) is 5.32 Å². The number of ether oxygens (including phenoxy) is 2. The van der Waals surface area contributed by atoms with Crippen LogP contribution in [0, 0.1) is 0 Å². The smallest absolute Gasteiger partial charge is 0.342 e. The molecule has 1 amide bonds. The number of hydrogen-bond donors (Lipinski definition) is 1. The normalized spacial score (nSPS) is 11.5. The molecule has 0 heterocycles. The predicted molar refractivity (Wildman–Crippen MR) is 98.6 cm³/mol. The van der Waals surface area contributed by atoms with Gasteiger partial charge in [0.25, 0.3) is 5.91 Å². The van der Waals surface area contributed by atoms with Gasteiger partial charge in [-0.05, 0) is 37.6 Å². The summed E-state index contributed by atoms with van der Waals surface area (Å²) in [6, 6.07) is 14.2. The lowest BCUT2D eigenvalue weighted by Crippen LogP contribution is -2.31. The molecule has 1 atom stereocenters. The molecule has 0 unspecified atom stereocenters. The van der Waals surface area contributed by atoms with Crippen LogP contribution < -0.4 is 10.1 Å².